The van der Waals surface area contributed by atoms with E-state index in [9.17, 15) is 4.79 Å². The number of nitrogens with one attached hydrogen (secondary N) is 1. The highest BCUT2D eigenvalue weighted by Gasteiger charge is 2.26. The normalized spacial score (nSPS) is 12.6. The molecule has 2 heterocycles. The van der Waals surface area contributed by atoms with Gasteiger partial charge in [-0.25, -0.2) is 9.97 Å². The lowest BCUT2D eigenvalue weighted by Crippen LogP contribution is -2.30. The Labute approximate surface area is 168 Å². The number of benzene rings is 2. The molecule has 1 amide bonds. The number of amides is 1. The van der Waals surface area contributed by atoms with Crippen LogP contribution in [0.1, 0.15) is 21.7 Å². The number of nitrogens with zero attached hydrogens (tertiary/aromatic N) is 3. The number of carbonyl (C=O) groups is 1. The number of hydrogen-bond donors (Lipinski definition) is 1. The summed E-state index contributed by atoms with van der Waals surface area (Å²) in [6.07, 6.45) is 0.844. The molecule has 1 aliphatic rings. The molecule has 2 aromatic carbocycles. The predicted octanol–water partition coefficient (Wildman–Crippen LogP) is 4.39. The van der Waals surface area contributed by atoms with E-state index in [1.807, 2.05) is 31.2 Å². The van der Waals surface area contributed by atoms with E-state index in [1.54, 1.807) is 36.3 Å². The second-order valence-corrected chi connectivity index (χ2v) is 6.96. The van der Waals surface area contributed by atoms with Crippen molar-refractivity contribution in [2.45, 2.75) is 13.3 Å². The van der Waals surface area contributed by atoms with Crippen LogP contribution in [0.4, 0.5) is 17.3 Å². The molecule has 0 atom stereocenters. The van der Waals surface area contributed by atoms with Crippen LogP contribution >= 0.6 is 11.6 Å². The van der Waals surface area contributed by atoms with Gasteiger partial charge in [-0.3, -0.25) is 4.79 Å². The molecule has 1 N–H and O–H groups in total. The summed E-state index contributed by atoms with van der Waals surface area (Å²) in [5.74, 6) is 0.781. The van der Waals surface area contributed by atoms with E-state index < -0.39 is 0 Å². The van der Waals surface area contributed by atoms with Gasteiger partial charge in [0, 0.05) is 22.9 Å². The third kappa shape index (κ3) is 3.51. The van der Waals surface area contributed by atoms with Crippen LogP contribution < -0.4 is 15.0 Å². The molecule has 1 aliphatic heterocycles. The molecule has 0 radical (unpaired) electrons. The van der Waals surface area contributed by atoms with Gasteiger partial charge in [0.25, 0.3) is 5.91 Å². The lowest BCUT2D eigenvalue weighted by molar-refractivity contribution is 0.0984. The number of carbonyl (C=O) groups excluding carboxylic acids is 1. The molecule has 0 fully saturated rings. The molecular formula is C21H19ClN4O2. The molecule has 0 unspecified atom stereocenters. The third-order valence-electron chi connectivity index (χ3n) is 4.61. The third-order valence-corrected chi connectivity index (χ3v) is 4.85. The average molecular weight is 395 g/mol. The van der Waals surface area contributed by atoms with Gasteiger partial charge in [-0.1, -0.05) is 29.8 Å². The first kappa shape index (κ1) is 18.3. The first-order valence-corrected chi connectivity index (χ1v) is 9.29. The quantitative estimate of drug-likeness (QED) is 0.710. The number of hydrogen-bond acceptors (Lipinski definition) is 5. The highest BCUT2D eigenvalue weighted by atomic mass is 35.5. The summed E-state index contributed by atoms with van der Waals surface area (Å²) in [5, 5.41) is 3.66. The molecule has 0 saturated carbocycles. The number of anilines is 3. The molecule has 0 aliphatic carbocycles. The van der Waals surface area contributed by atoms with Crippen molar-refractivity contribution in [3.63, 3.8) is 0 Å². The lowest BCUT2D eigenvalue weighted by Gasteiger charge is -2.17. The van der Waals surface area contributed by atoms with E-state index >= 15 is 0 Å². The number of fused-ring (bicyclic) bond motifs is 1. The van der Waals surface area contributed by atoms with Gasteiger partial charge in [-0.05, 0) is 49.2 Å². The highest BCUT2D eigenvalue weighted by Crippen LogP contribution is 2.31. The molecule has 0 bridgehead atoms. The fraction of sp³-hybridized carbons (Fsp3) is 0.190. The van der Waals surface area contributed by atoms with Crippen LogP contribution in [0.3, 0.4) is 0 Å². The van der Waals surface area contributed by atoms with E-state index in [1.165, 1.54) is 5.56 Å². The summed E-state index contributed by atoms with van der Waals surface area (Å²) in [6.45, 7) is 2.48. The minimum Gasteiger partial charge on any atom is -0.495 e. The standard InChI is InChI=1S/C21H19ClN4O2/c1-13-11-17(20(27)26-10-9-14-5-3-4-6-18(14)26)25-21(23-13)24-16-12-15(22)7-8-19(16)28-2/h3-8,11-12H,9-10H2,1-2H3,(H,23,24,25). The number of para-hydroxylation sites is 1. The monoisotopic (exact) mass is 394 g/mol. The van der Waals surface area contributed by atoms with Crippen LogP contribution in [-0.4, -0.2) is 29.5 Å². The van der Waals surface area contributed by atoms with Crippen molar-refractivity contribution < 1.29 is 9.53 Å². The Kier molecular flexibility index (Phi) is 4.88. The van der Waals surface area contributed by atoms with Crippen molar-refractivity contribution in [2.75, 3.05) is 23.9 Å². The SMILES string of the molecule is COc1ccc(Cl)cc1Nc1nc(C)cc(C(=O)N2CCc3ccccc32)n1. The maximum Gasteiger partial charge on any atom is 0.277 e. The average Bonchev–Trinajstić information content (AvgIpc) is 3.11. The van der Waals surface area contributed by atoms with Gasteiger partial charge in [0.05, 0.1) is 12.8 Å². The fourth-order valence-electron chi connectivity index (χ4n) is 3.32. The Bertz CT molecular complexity index is 1050. The second kappa shape index (κ2) is 7.48. The van der Waals surface area contributed by atoms with Crippen LogP contribution in [0.15, 0.2) is 48.5 Å². The lowest BCUT2D eigenvalue weighted by atomic mass is 10.2. The van der Waals surface area contributed by atoms with Crippen LogP contribution in [-0.2, 0) is 6.42 Å². The smallest absolute Gasteiger partial charge is 0.277 e. The molecule has 1 aromatic heterocycles. The van der Waals surface area contributed by atoms with E-state index in [0.717, 1.165) is 12.1 Å². The molecule has 7 heteroatoms. The van der Waals surface area contributed by atoms with E-state index in [2.05, 4.69) is 15.3 Å². The number of ether oxygens (including phenoxy) is 1. The van der Waals surface area contributed by atoms with Crippen LogP contribution in [0.5, 0.6) is 5.75 Å². The Morgan fingerprint density at radius 3 is 2.82 bits per heavy atom. The Hall–Kier alpha value is -3.12. The summed E-state index contributed by atoms with van der Waals surface area (Å²) >= 11 is 6.09. The predicted molar refractivity (Wildman–Crippen MR) is 110 cm³/mol. The van der Waals surface area contributed by atoms with Crippen molar-refractivity contribution in [2.24, 2.45) is 0 Å². The molecule has 6 nitrogen and oxygen atoms in total. The zero-order valence-electron chi connectivity index (χ0n) is 15.6. The number of methoxy groups -OCH3 is 1. The van der Waals surface area contributed by atoms with Crippen molar-refractivity contribution >= 4 is 34.8 Å². The number of halogens is 1. The Balaban J connectivity index is 1.65. The summed E-state index contributed by atoms with van der Waals surface area (Å²) in [5.41, 5.74) is 3.77. The number of aryl methyl sites for hydroxylation is 1. The van der Waals surface area contributed by atoms with E-state index in [-0.39, 0.29) is 5.91 Å². The molecule has 0 spiro atoms. The first-order chi connectivity index (χ1) is 13.5. The summed E-state index contributed by atoms with van der Waals surface area (Å²) in [4.78, 5) is 23.7. The second-order valence-electron chi connectivity index (χ2n) is 6.52. The zero-order chi connectivity index (χ0) is 19.7. The Morgan fingerprint density at radius 1 is 1.18 bits per heavy atom. The summed E-state index contributed by atoms with van der Waals surface area (Å²) < 4.78 is 5.35. The van der Waals surface area contributed by atoms with Gasteiger partial charge >= 0.3 is 0 Å². The van der Waals surface area contributed by atoms with Gasteiger partial charge in [-0.15, -0.1) is 0 Å². The number of rotatable bonds is 4. The van der Waals surface area contributed by atoms with Gasteiger partial charge in [-0.2, -0.15) is 0 Å². The van der Waals surface area contributed by atoms with Crippen molar-refractivity contribution in [3.8, 4) is 5.75 Å². The highest BCUT2D eigenvalue weighted by molar-refractivity contribution is 6.31. The molecule has 28 heavy (non-hydrogen) atoms. The molecule has 0 saturated heterocycles. The van der Waals surface area contributed by atoms with Gasteiger partial charge < -0.3 is 15.0 Å². The maximum atomic E-state index is 13.1. The van der Waals surface area contributed by atoms with Crippen LogP contribution in [0.2, 0.25) is 5.02 Å². The van der Waals surface area contributed by atoms with Crippen molar-refractivity contribution in [1.82, 2.24) is 9.97 Å². The first-order valence-electron chi connectivity index (χ1n) is 8.91. The van der Waals surface area contributed by atoms with E-state index in [4.69, 9.17) is 16.3 Å². The molecule has 3 aromatic rings. The van der Waals surface area contributed by atoms with E-state index in [0.29, 0.717) is 40.3 Å². The van der Waals surface area contributed by atoms with Gasteiger partial charge in [0.2, 0.25) is 5.95 Å². The Morgan fingerprint density at radius 2 is 2.00 bits per heavy atom. The minimum absolute atomic E-state index is 0.142. The topological polar surface area (TPSA) is 67.3 Å². The maximum absolute atomic E-state index is 13.1. The summed E-state index contributed by atoms with van der Waals surface area (Å²) in [7, 11) is 1.57. The van der Waals surface area contributed by atoms with Gasteiger partial charge in [0.15, 0.2) is 0 Å². The minimum atomic E-state index is -0.142. The largest absolute Gasteiger partial charge is 0.495 e. The van der Waals surface area contributed by atoms with Crippen molar-refractivity contribution in [3.05, 3.63) is 70.5 Å². The molecular weight excluding hydrogens is 376 g/mol. The molecule has 142 valence electrons. The van der Waals surface area contributed by atoms with Crippen molar-refractivity contribution in [1.29, 1.82) is 0 Å². The fourth-order valence-corrected chi connectivity index (χ4v) is 3.49. The van der Waals surface area contributed by atoms with Gasteiger partial charge in [0.1, 0.15) is 11.4 Å². The van der Waals surface area contributed by atoms with Crippen LogP contribution in [0, 0.1) is 6.92 Å². The zero-order valence-corrected chi connectivity index (χ0v) is 16.3. The molecule has 4 rings (SSSR count). The number of aromatic nitrogens is 2. The summed E-state index contributed by atoms with van der Waals surface area (Å²) in [6, 6.07) is 14.9. The van der Waals surface area contributed by atoms with Crippen LogP contribution in [0.25, 0.3) is 0 Å².